The number of hydrogen-bond acceptors (Lipinski definition) is 2. The number of benzene rings is 2. The van der Waals surface area contributed by atoms with E-state index in [0.29, 0.717) is 18.9 Å². The second kappa shape index (κ2) is 8.11. The molecule has 2 aromatic rings. The number of aliphatic carboxylic acids is 1. The topological polar surface area (TPSA) is 49.3 Å². The van der Waals surface area contributed by atoms with Gasteiger partial charge in [-0.05, 0) is 42.9 Å². The van der Waals surface area contributed by atoms with Crippen LogP contribution < -0.4 is 5.32 Å². The summed E-state index contributed by atoms with van der Waals surface area (Å²) in [5.74, 6) is -0.430. The third-order valence-corrected chi connectivity index (χ3v) is 4.07. The molecule has 3 heteroatoms. The first-order chi connectivity index (χ1) is 11.3. The van der Waals surface area contributed by atoms with E-state index in [-0.39, 0.29) is 0 Å². The van der Waals surface area contributed by atoms with Crippen molar-refractivity contribution in [3.05, 3.63) is 59.2 Å². The van der Waals surface area contributed by atoms with Crippen molar-refractivity contribution in [3.63, 3.8) is 0 Å². The fourth-order valence-electron chi connectivity index (χ4n) is 2.94. The highest BCUT2D eigenvalue weighted by molar-refractivity contribution is 5.73. The number of carboxylic acids is 1. The van der Waals surface area contributed by atoms with Gasteiger partial charge in [0.2, 0.25) is 0 Å². The molecular weight excluding hydrogens is 298 g/mol. The summed E-state index contributed by atoms with van der Waals surface area (Å²) in [6.07, 6.45) is 0.635. The van der Waals surface area contributed by atoms with Gasteiger partial charge < -0.3 is 10.4 Å². The Bertz CT molecular complexity index is 669. The van der Waals surface area contributed by atoms with E-state index in [1.807, 2.05) is 13.8 Å². The second-order valence-electron chi connectivity index (χ2n) is 6.97. The zero-order valence-electron chi connectivity index (χ0n) is 15.0. The van der Waals surface area contributed by atoms with Crippen LogP contribution in [0.5, 0.6) is 0 Å². The van der Waals surface area contributed by atoms with Crippen LogP contribution in [0.3, 0.4) is 0 Å². The first kappa shape index (κ1) is 18.2. The summed E-state index contributed by atoms with van der Waals surface area (Å²) >= 11 is 0. The summed E-state index contributed by atoms with van der Waals surface area (Å²) in [4.78, 5) is 11.3. The van der Waals surface area contributed by atoms with Crippen molar-refractivity contribution in [3.8, 4) is 11.1 Å². The lowest BCUT2D eigenvalue weighted by atomic mass is 9.99. The fraction of sp³-hybridized carbons (Fsp3) is 0.381. The summed E-state index contributed by atoms with van der Waals surface area (Å²) < 4.78 is 0. The number of carbonyl (C=O) groups is 1. The maximum Gasteiger partial charge on any atom is 0.320 e. The largest absolute Gasteiger partial charge is 0.480 e. The van der Waals surface area contributed by atoms with Crippen molar-refractivity contribution < 1.29 is 9.90 Å². The Morgan fingerprint density at radius 2 is 1.58 bits per heavy atom. The lowest BCUT2D eigenvalue weighted by molar-refractivity contribution is -0.140. The van der Waals surface area contributed by atoms with E-state index in [1.165, 1.54) is 22.3 Å². The van der Waals surface area contributed by atoms with Crippen LogP contribution >= 0.6 is 0 Å². The van der Waals surface area contributed by atoms with E-state index >= 15 is 0 Å². The SMILES string of the molecule is Cc1cc(C)cc(-c2ccc(CNC(CC(C)C)C(=O)O)cc2)c1. The van der Waals surface area contributed by atoms with Crippen LogP contribution in [0.25, 0.3) is 11.1 Å². The Morgan fingerprint density at radius 1 is 1.00 bits per heavy atom. The minimum Gasteiger partial charge on any atom is -0.480 e. The van der Waals surface area contributed by atoms with Crippen molar-refractivity contribution in [1.82, 2.24) is 5.32 Å². The smallest absolute Gasteiger partial charge is 0.320 e. The molecule has 1 atom stereocenters. The standard InChI is InChI=1S/C21H27NO2/c1-14(2)9-20(21(23)24)22-13-17-5-7-18(8-6-17)19-11-15(3)10-16(4)12-19/h5-8,10-12,14,20,22H,9,13H2,1-4H3,(H,23,24). The van der Waals surface area contributed by atoms with Gasteiger partial charge in [0.05, 0.1) is 0 Å². The molecule has 0 heterocycles. The molecule has 3 nitrogen and oxygen atoms in total. The highest BCUT2D eigenvalue weighted by atomic mass is 16.4. The quantitative estimate of drug-likeness (QED) is 0.784. The Hall–Kier alpha value is -2.13. The minimum absolute atomic E-state index is 0.352. The third-order valence-electron chi connectivity index (χ3n) is 4.07. The zero-order valence-corrected chi connectivity index (χ0v) is 15.0. The molecular formula is C21H27NO2. The van der Waals surface area contributed by atoms with E-state index in [9.17, 15) is 9.90 Å². The van der Waals surface area contributed by atoms with Crippen LogP contribution in [0, 0.1) is 19.8 Å². The van der Waals surface area contributed by atoms with Gasteiger partial charge >= 0.3 is 5.97 Å². The molecule has 0 radical (unpaired) electrons. The van der Waals surface area contributed by atoms with Crippen LogP contribution in [-0.4, -0.2) is 17.1 Å². The van der Waals surface area contributed by atoms with E-state index in [4.69, 9.17) is 0 Å². The molecule has 2 N–H and O–H groups in total. The third kappa shape index (κ3) is 5.20. The molecule has 0 aromatic heterocycles. The molecule has 2 rings (SSSR count). The minimum atomic E-state index is -0.782. The van der Waals surface area contributed by atoms with Crippen LogP contribution in [0.2, 0.25) is 0 Å². The molecule has 24 heavy (non-hydrogen) atoms. The monoisotopic (exact) mass is 325 g/mol. The molecule has 1 unspecified atom stereocenters. The van der Waals surface area contributed by atoms with Gasteiger partial charge in [-0.25, -0.2) is 0 Å². The zero-order chi connectivity index (χ0) is 17.7. The highest BCUT2D eigenvalue weighted by Crippen LogP contribution is 2.22. The molecule has 0 spiro atoms. The Morgan fingerprint density at radius 3 is 2.08 bits per heavy atom. The number of carboxylic acid groups (broad SMARTS) is 1. The first-order valence-electron chi connectivity index (χ1n) is 8.49. The van der Waals surface area contributed by atoms with Gasteiger partial charge in [0, 0.05) is 6.54 Å². The van der Waals surface area contributed by atoms with Crippen LogP contribution in [0.4, 0.5) is 0 Å². The number of aryl methyl sites for hydroxylation is 2. The van der Waals surface area contributed by atoms with Gasteiger partial charge in [0.15, 0.2) is 0 Å². The van der Waals surface area contributed by atoms with Gasteiger partial charge in [-0.3, -0.25) is 4.79 Å². The highest BCUT2D eigenvalue weighted by Gasteiger charge is 2.17. The van der Waals surface area contributed by atoms with Gasteiger partial charge in [0.25, 0.3) is 0 Å². The second-order valence-corrected chi connectivity index (χ2v) is 6.97. The van der Waals surface area contributed by atoms with Gasteiger partial charge in [-0.2, -0.15) is 0 Å². The summed E-state index contributed by atoms with van der Waals surface area (Å²) in [6, 6.07) is 14.4. The van der Waals surface area contributed by atoms with E-state index < -0.39 is 12.0 Å². The maximum absolute atomic E-state index is 11.3. The molecule has 0 aliphatic heterocycles. The van der Waals surface area contributed by atoms with E-state index in [1.54, 1.807) is 0 Å². The van der Waals surface area contributed by atoms with Crippen LogP contribution in [0.1, 0.15) is 37.0 Å². The van der Waals surface area contributed by atoms with Crippen molar-refractivity contribution in [2.75, 3.05) is 0 Å². The van der Waals surface area contributed by atoms with Crippen LogP contribution in [0.15, 0.2) is 42.5 Å². The molecule has 128 valence electrons. The summed E-state index contributed by atoms with van der Waals surface area (Å²) in [5.41, 5.74) is 6.01. The van der Waals surface area contributed by atoms with Crippen molar-refractivity contribution >= 4 is 5.97 Å². The van der Waals surface area contributed by atoms with E-state index in [2.05, 4.69) is 61.6 Å². The molecule has 0 aliphatic carbocycles. The number of nitrogens with one attached hydrogen (secondary N) is 1. The van der Waals surface area contributed by atoms with Gasteiger partial charge in [-0.15, -0.1) is 0 Å². The maximum atomic E-state index is 11.3. The molecule has 2 aromatic carbocycles. The lowest BCUT2D eigenvalue weighted by Gasteiger charge is -2.16. The summed E-state index contributed by atoms with van der Waals surface area (Å²) in [6.45, 7) is 8.86. The Balaban J connectivity index is 2.05. The molecule has 0 bridgehead atoms. The van der Waals surface area contributed by atoms with Gasteiger partial charge in [0.1, 0.15) is 6.04 Å². The van der Waals surface area contributed by atoms with Crippen LogP contribution in [-0.2, 0) is 11.3 Å². The van der Waals surface area contributed by atoms with Crippen molar-refractivity contribution in [2.24, 2.45) is 5.92 Å². The molecule has 0 amide bonds. The Labute approximate surface area is 144 Å². The molecule has 0 aliphatic rings. The lowest BCUT2D eigenvalue weighted by Crippen LogP contribution is -2.37. The molecule has 0 saturated carbocycles. The van der Waals surface area contributed by atoms with Gasteiger partial charge in [-0.1, -0.05) is 67.4 Å². The predicted molar refractivity (Wildman–Crippen MR) is 99.1 cm³/mol. The predicted octanol–water partition coefficient (Wildman–Crippen LogP) is 4.56. The fourth-order valence-corrected chi connectivity index (χ4v) is 2.94. The summed E-state index contributed by atoms with van der Waals surface area (Å²) in [7, 11) is 0. The summed E-state index contributed by atoms with van der Waals surface area (Å²) in [5, 5.41) is 12.4. The first-order valence-corrected chi connectivity index (χ1v) is 8.49. The molecule has 0 saturated heterocycles. The average Bonchev–Trinajstić information content (AvgIpc) is 2.50. The van der Waals surface area contributed by atoms with Crippen molar-refractivity contribution in [2.45, 2.75) is 46.7 Å². The van der Waals surface area contributed by atoms with Crippen molar-refractivity contribution in [1.29, 1.82) is 0 Å². The number of hydrogen-bond donors (Lipinski definition) is 2. The Kier molecular flexibility index (Phi) is 6.16. The number of rotatable bonds is 7. The molecule has 0 fully saturated rings. The average molecular weight is 325 g/mol. The van der Waals surface area contributed by atoms with E-state index in [0.717, 1.165) is 5.56 Å². The normalized spacial score (nSPS) is 12.4.